The average Bonchev–Trinajstić information content (AvgIpc) is 3.00. The molecule has 114 valence electrons. The monoisotopic (exact) mass is 301 g/mol. The van der Waals surface area contributed by atoms with E-state index < -0.39 is 10.0 Å². The number of aromatic amines is 1. The van der Waals surface area contributed by atoms with Gasteiger partial charge in [-0.2, -0.15) is 9.40 Å². The van der Waals surface area contributed by atoms with Gasteiger partial charge in [0.2, 0.25) is 10.0 Å². The van der Waals surface area contributed by atoms with Crippen LogP contribution in [0.5, 0.6) is 0 Å². The van der Waals surface area contributed by atoms with E-state index in [0.29, 0.717) is 25.7 Å². The lowest BCUT2D eigenvalue weighted by atomic mass is 10.1. The Morgan fingerprint density at radius 3 is 2.60 bits per heavy atom. The summed E-state index contributed by atoms with van der Waals surface area (Å²) in [6.07, 6.45) is 4.78. The molecule has 1 aliphatic heterocycles. The molecule has 0 spiro atoms. The highest BCUT2D eigenvalue weighted by Gasteiger charge is 2.30. The van der Waals surface area contributed by atoms with E-state index in [2.05, 4.69) is 22.0 Å². The van der Waals surface area contributed by atoms with E-state index in [-0.39, 0.29) is 4.90 Å². The van der Waals surface area contributed by atoms with E-state index in [9.17, 15) is 8.42 Å². The average molecular weight is 301 g/mol. The van der Waals surface area contributed by atoms with Crippen molar-refractivity contribution in [3.05, 3.63) is 12.4 Å². The van der Waals surface area contributed by atoms with Crippen molar-refractivity contribution in [1.82, 2.24) is 19.4 Å². The molecule has 1 aliphatic rings. The number of piperazine rings is 1. The van der Waals surface area contributed by atoms with Crippen LogP contribution >= 0.6 is 0 Å². The van der Waals surface area contributed by atoms with Crippen molar-refractivity contribution in [2.75, 3.05) is 32.7 Å². The number of rotatable bonds is 6. The van der Waals surface area contributed by atoms with Crippen LogP contribution in [-0.2, 0) is 10.0 Å². The van der Waals surface area contributed by atoms with Gasteiger partial charge in [0.15, 0.2) is 0 Å². The summed E-state index contributed by atoms with van der Waals surface area (Å²) < 4.78 is 26.2. The molecule has 7 nitrogen and oxygen atoms in total. The maximum absolute atomic E-state index is 12.3. The van der Waals surface area contributed by atoms with Gasteiger partial charge in [-0.05, 0) is 19.4 Å². The Kier molecular flexibility index (Phi) is 5.14. The largest absolute Gasteiger partial charge is 0.330 e. The summed E-state index contributed by atoms with van der Waals surface area (Å²) in [6, 6.07) is 0.457. The third kappa shape index (κ3) is 3.20. The minimum Gasteiger partial charge on any atom is -0.330 e. The maximum Gasteiger partial charge on any atom is 0.246 e. The molecule has 8 heteroatoms. The SMILES string of the molecule is CCC(CCN)N1CCN(S(=O)(=O)c2cn[nH]c2)CC1. The highest BCUT2D eigenvalue weighted by molar-refractivity contribution is 7.89. The van der Waals surface area contributed by atoms with Crippen LogP contribution in [0.2, 0.25) is 0 Å². The quantitative estimate of drug-likeness (QED) is 0.761. The molecule has 1 saturated heterocycles. The number of nitrogens with one attached hydrogen (secondary N) is 1. The maximum atomic E-state index is 12.3. The Balaban J connectivity index is 1.98. The number of sulfonamides is 1. The fraction of sp³-hybridized carbons (Fsp3) is 0.750. The normalized spacial score (nSPS) is 20.1. The summed E-state index contributed by atoms with van der Waals surface area (Å²) in [6.45, 7) is 5.38. The van der Waals surface area contributed by atoms with Crippen molar-refractivity contribution >= 4 is 10.0 Å². The molecule has 0 aromatic carbocycles. The molecule has 1 aromatic rings. The summed E-state index contributed by atoms with van der Waals surface area (Å²) in [5.41, 5.74) is 5.63. The van der Waals surface area contributed by atoms with Crippen LogP contribution < -0.4 is 5.73 Å². The van der Waals surface area contributed by atoms with Crippen molar-refractivity contribution in [3.8, 4) is 0 Å². The van der Waals surface area contributed by atoms with Gasteiger partial charge in [-0.15, -0.1) is 0 Å². The molecule has 2 heterocycles. The smallest absolute Gasteiger partial charge is 0.246 e. The first-order valence-corrected chi connectivity index (χ1v) is 8.46. The third-order valence-corrected chi connectivity index (χ3v) is 5.74. The van der Waals surface area contributed by atoms with E-state index in [1.54, 1.807) is 0 Å². The van der Waals surface area contributed by atoms with Gasteiger partial charge < -0.3 is 5.73 Å². The molecule has 0 bridgehead atoms. The summed E-state index contributed by atoms with van der Waals surface area (Å²) in [5.74, 6) is 0. The molecule has 1 fully saturated rings. The lowest BCUT2D eigenvalue weighted by Crippen LogP contribution is -2.52. The van der Waals surface area contributed by atoms with Gasteiger partial charge >= 0.3 is 0 Å². The lowest BCUT2D eigenvalue weighted by molar-refractivity contribution is 0.129. The van der Waals surface area contributed by atoms with Crippen LogP contribution in [0.1, 0.15) is 19.8 Å². The first kappa shape index (κ1) is 15.4. The van der Waals surface area contributed by atoms with Crippen LogP contribution in [0.3, 0.4) is 0 Å². The molecular formula is C12H23N5O2S. The second-order valence-electron chi connectivity index (χ2n) is 5.01. The van der Waals surface area contributed by atoms with Crippen molar-refractivity contribution in [1.29, 1.82) is 0 Å². The van der Waals surface area contributed by atoms with Crippen LogP contribution in [0.15, 0.2) is 17.3 Å². The lowest BCUT2D eigenvalue weighted by Gasteiger charge is -2.38. The van der Waals surface area contributed by atoms with Gasteiger partial charge in [0, 0.05) is 38.4 Å². The Morgan fingerprint density at radius 2 is 2.10 bits per heavy atom. The predicted octanol–water partition coefficient (Wildman–Crippen LogP) is -0.157. The second-order valence-corrected chi connectivity index (χ2v) is 6.95. The Labute approximate surface area is 120 Å². The number of aromatic nitrogens is 2. The third-order valence-electron chi connectivity index (χ3n) is 3.87. The highest BCUT2D eigenvalue weighted by atomic mass is 32.2. The van der Waals surface area contributed by atoms with Crippen molar-refractivity contribution < 1.29 is 8.42 Å². The molecule has 20 heavy (non-hydrogen) atoms. The summed E-state index contributed by atoms with van der Waals surface area (Å²) >= 11 is 0. The Bertz CT molecular complexity index is 494. The Hall–Kier alpha value is -0.960. The molecule has 0 amide bonds. The predicted molar refractivity (Wildman–Crippen MR) is 76.7 cm³/mol. The molecular weight excluding hydrogens is 278 g/mol. The van der Waals surface area contributed by atoms with Crippen molar-refractivity contribution in [2.45, 2.75) is 30.7 Å². The van der Waals surface area contributed by atoms with Crippen molar-refractivity contribution in [2.24, 2.45) is 5.73 Å². The zero-order valence-corrected chi connectivity index (χ0v) is 12.6. The van der Waals surface area contributed by atoms with E-state index in [0.717, 1.165) is 25.9 Å². The summed E-state index contributed by atoms with van der Waals surface area (Å²) in [5, 5.41) is 6.26. The van der Waals surface area contributed by atoms with Gasteiger partial charge in [-0.1, -0.05) is 6.92 Å². The number of nitrogens with zero attached hydrogens (tertiary/aromatic N) is 3. The molecule has 2 rings (SSSR count). The van der Waals surface area contributed by atoms with Gasteiger partial charge in [0.1, 0.15) is 4.90 Å². The number of H-pyrrole nitrogens is 1. The summed E-state index contributed by atoms with van der Waals surface area (Å²) in [4.78, 5) is 2.58. The fourth-order valence-electron chi connectivity index (χ4n) is 2.68. The standard InChI is InChI=1S/C12H23N5O2S/c1-2-11(3-4-13)16-5-7-17(8-6-16)20(18,19)12-9-14-15-10-12/h9-11H,2-8,13H2,1H3,(H,14,15). The van der Waals surface area contributed by atoms with E-state index in [4.69, 9.17) is 5.73 Å². The Morgan fingerprint density at radius 1 is 1.40 bits per heavy atom. The molecule has 3 N–H and O–H groups in total. The van der Waals surface area contributed by atoms with Gasteiger partial charge in [-0.3, -0.25) is 10.00 Å². The van der Waals surface area contributed by atoms with Crippen LogP contribution in [-0.4, -0.2) is 66.6 Å². The van der Waals surface area contributed by atoms with E-state index >= 15 is 0 Å². The molecule has 0 saturated carbocycles. The minimum atomic E-state index is -3.40. The van der Waals surface area contributed by atoms with Crippen molar-refractivity contribution in [3.63, 3.8) is 0 Å². The molecule has 0 radical (unpaired) electrons. The van der Waals surface area contributed by atoms with Gasteiger partial charge in [0.05, 0.1) is 6.20 Å². The second kappa shape index (κ2) is 6.66. The topological polar surface area (TPSA) is 95.3 Å². The zero-order chi connectivity index (χ0) is 14.6. The number of hydrogen-bond donors (Lipinski definition) is 2. The van der Waals surface area contributed by atoms with Crippen LogP contribution in [0.4, 0.5) is 0 Å². The van der Waals surface area contributed by atoms with Gasteiger partial charge in [-0.25, -0.2) is 8.42 Å². The number of hydrogen-bond acceptors (Lipinski definition) is 5. The molecule has 1 aromatic heterocycles. The summed E-state index contributed by atoms with van der Waals surface area (Å²) in [7, 11) is -3.40. The van der Waals surface area contributed by atoms with Crippen LogP contribution in [0.25, 0.3) is 0 Å². The van der Waals surface area contributed by atoms with Gasteiger partial charge in [0.25, 0.3) is 0 Å². The minimum absolute atomic E-state index is 0.236. The first-order valence-electron chi connectivity index (χ1n) is 7.02. The molecule has 1 atom stereocenters. The zero-order valence-electron chi connectivity index (χ0n) is 11.8. The van der Waals surface area contributed by atoms with Crippen LogP contribution in [0, 0.1) is 0 Å². The number of nitrogens with two attached hydrogens (primary N) is 1. The highest BCUT2D eigenvalue weighted by Crippen LogP contribution is 2.18. The van der Waals surface area contributed by atoms with E-state index in [1.165, 1.54) is 16.7 Å². The molecule has 0 aliphatic carbocycles. The van der Waals surface area contributed by atoms with E-state index in [1.807, 2.05) is 0 Å². The first-order chi connectivity index (χ1) is 9.59. The fourth-order valence-corrected chi connectivity index (χ4v) is 4.01. The molecule has 1 unspecified atom stereocenters.